The summed E-state index contributed by atoms with van der Waals surface area (Å²) >= 11 is 0. The van der Waals surface area contributed by atoms with Gasteiger partial charge in [0.25, 0.3) is 5.91 Å². The lowest BCUT2D eigenvalue weighted by Gasteiger charge is -2.46. The number of carbonyl (C=O) groups excluding carboxylic acids is 1. The van der Waals surface area contributed by atoms with Gasteiger partial charge < -0.3 is 9.64 Å². The molecular weight excluding hydrogens is 318 g/mol. The third-order valence-electron chi connectivity index (χ3n) is 5.00. The summed E-state index contributed by atoms with van der Waals surface area (Å²) in [5.74, 6) is -0.0294. The zero-order valence-corrected chi connectivity index (χ0v) is 14.0. The summed E-state index contributed by atoms with van der Waals surface area (Å²) in [5, 5.41) is 0. The number of aromatic nitrogens is 3. The van der Waals surface area contributed by atoms with Gasteiger partial charge in [-0.2, -0.15) is 0 Å². The molecule has 0 radical (unpaired) electrons. The van der Waals surface area contributed by atoms with Gasteiger partial charge in [0.1, 0.15) is 12.9 Å². The van der Waals surface area contributed by atoms with E-state index in [2.05, 4.69) is 25.9 Å². The highest BCUT2D eigenvalue weighted by Crippen LogP contribution is 2.32. The van der Waals surface area contributed by atoms with Crippen molar-refractivity contribution in [1.82, 2.24) is 19.9 Å². The molecule has 0 unspecified atom stereocenters. The second-order valence-electron chi connectivity index (χ2n) is 6.69. The first-order valence-corrected chi connectivity index (χ1v) is 8.55. The summed E-state index contributed by atoms with van der Waals surface area (Å²) in [5.41, 5.74) is 1.70. The first-order valence-electron chi connectivity index (χ1n) is 8.55. The smallest absolute Gasteiger partial charge is 0.253 e. The first kappa shape index (κ1) is 16.1. The van der Waals surface area contributed by atoms with Crippen molar-refractivity contribution in [3.8, 4) is 0 Å². The minimum absolute atomic E-state index is 0.0294. The van der Waals surface area contributed by atoms with Crippen molar-refractivity contribution in [2.24, 2.45) is 0 Å². The molecule has 0 aromatic carbocycles. The van der Waals surface area contributed by atoms with Crippen LogP contribution >= 0.6 is 0 Å². The second kappa shape index (κ2) is 6.85. The molecule has 130 valence electrons. The Morgan fingerprint density at radius 2 is 1.92 bits per heavy atom. The SMILES string of the molecule is O=C1COC2(CCN(Cc3cccnc3)CC2)CN1c1cncnc1. The number of pyridine rings is 1. The fourth-order valence-electron chi connectivity index (χ4n) is 3.55. The fraction of sp³-hybridized carbons (Fsp3) is 0.444. The van der Waals surface area contributed by atoms with Crippen LogP contribution in [0.4, 0.5) is 5.69 Å². The lowest BCUT2D eigenvalue weighted by molar-refractivity contribution is -0.145. The number of rotatable bonds is 3. The Bertz CT molecular complexity index is 717. The van der Waals surface area contributed by atoms with Gasteiger partial charge in [0.15, 0.2) is 0 Å². The Balaban J connectivity index is 1.41. The van der Waals surface area contributed by atoms with E-state index in [1.54, 1.807) is 23.5 Å². The first-order chi connectivity index (χ1) is 12.2. The maximum absolute atomic E-state index is 12.3. The highest BCUT2D eigenvalue weighted by atomic mass is 16.5. The van der Waals surface area contributed by atoms with Gasteiger partial charge in [-0.25, -0.2) is 9.97 Å². The van der Waals surface area contributed by atoms with Crippen LogP contribution in [-0.4, -0.2) is 57.6 Å². The van der Waals surface area contributed by atoms with Crippen molar-refractivity contribution in [2.75, 3.05) is 31.1 Å². The van der Waals surface area contributed by atoms with Crippen LogP contribution in [0.2, 0.25) is 0 Å². The van der Waals surface area contributed by atoms with Crippen molar-refractivity contribution in [3.63, 3.8) is 0 Å². The highest BCUT2D eigenvalue weighted by molar-refractivity contribution is 5.94. The molecule has 4 rings (SSSR count). The molecular formula is C18H21N5O2. The molecule has 1 amide bonds. The number of amides is 1. The largest absolute Gasteiger partial charge is 0.363 e. The van der Waals surface area contributed by atoms with E-state index in [0.29, 0.717) is 6.54 Å². The number of hydrogen-bond donors (Lipinski definition) is 0. The molecule has 4 heterocycles. The van der Waals surface area contributed by atoms with Gasteiger partial charge in [-0.15, -0.1) is 0 Å². The summed E-state index contributed by atoms with van der Waals surface area (Å²) in [6.45, 7) is 3.49. The van der Waals surface area contributed by atoms with Crippen molar-refractivity contribution >= 4 is 11.6 Å². The number of anilines is 1. The average molecular weight is 339 g/mol. The highest BCUT2D eigenvalue weighted by Gasteiger charge is 2.42. The van der Waals surface area contributed by atoms with E-state index in [1.165, 1.54) is 11.9 Å². The Hall–Kier alpha value is -2.38. The standard InChI is InChI=1S/C18H21N5O2/c24-17-12-25-18(13-23(17)16-9-20-14-21-10-16)3-6-22(7-4-18)11-15-2-1-5-19-8-15/h1-2,5,8-10,14H,3-4,6-7,11-13H2. The third-order valence-corrected chi connectivity index (χ3v) is 5.00. The van der Waals surface area contributed by atoms with Gasteiger partial charge in [-0.1, -0.05) is 6.07 Å². The number of hydrogen-bond acceptors (Lipinski definition) is 6. The number of morpholine rings is 1. The zero-order chi connectivity index (χ0) is 17.1. The van der Waals surface area contributed by atoms with Gasteiger partial charge in [-0.05, 0) is 24.5 Å². The molecule has 7 nitrogen and oxygen atoms in total. The van der Waals surface area contributed by atoms with E-state index in [0.717, 1.165) is 38.2 Å². The molecule has 2 aliphatic heterocycles. The monoisotopic (exact) mass is 339 g/mol. The molecule has 7 heteroatoms. The number of likely N-dealkylation sites (tertiary alicyclic amines) is 1. The molecule has 2 aromatic rings. The molecule has 0 bridgehead atoms. The van der Waals surface area contributed by atoms with E-state index >= 15 is 0 Å². The molecule has 0 aliphatic carbocycles. The molecule has 0 saturated carbocycles. The molecule has 0 N–H and O–H groups in total. The average Bonchev–Trinajstić information content (AvgIpc) is 2.67. The summed E-state index contributed by atoms with van der Waals surface area (Å²) in [6.07, 6.45) is 10.4. The predicted octanol–water partition coefficient (Wildman–Crippen LogP) is 1.27. The van der Waals surface area contributed by atoms with Gasteiger partial charge in [0, 0.05) is 32.0 Å². The Morgan fingerprint density at radius 1 is 1.12 bits per heavy atom. The van der Waals surface area contributed by atoms with Crippen LogP contribution in [0.3, 0.4) is 0 Å². The third kappa shape index (κ3) is 3.52. The summed E-state index contributed by atoms with van der Waals surface area (Å²) in [4.78, 5) is 28.7. The van der Waals surface area contributed by atoms with Gasteiger partial charge in [0.05, 0.1) is 30.2 Å². The maximum Gasteiger partial charge on any atom is 0.253 e. The fourth-order valence-corrected chi connectivity index (χ4v) is 3.55. The van der Waals surface area contributed by atoms with Gasteiger partial charge in [0.2, 0.25) is 0 Å². The number of ether oxygens (including phenoxy) is 1. The van der Waals surface area contributed by atoms with Crippen LogP contribution in [-0.2, 0) is 16.1 Å². The van der Waals surface area contributed by atoms with Crippen LogP contribution in [0.5, 0.6) is 0 Å². The lowest BCUT2D eigenvalue weighted by Crippen LogP contribution is -2.58. The van der Waals surface area contributed by atoms with Crippen LogP contribution in [0.25, 0.3) is 0 Å². The number of carbonyl (C=O) groups is 1. The predicted molar refractivity (Wildman–Crippen MR) is 91.8 cm³/mol. The van der Waals surface area contributed by atoms with Crippen LogP contribution in [0.15, 0.2) is 43.2 Å². The molecule has 2 saturated heterocycles. The molecule has 1 spiro atoms. The summed E-state index contributed by atoms with van der Waals surface area (Å²) in [7, 11) is 0. The minimum Gasteiger partial charge on any atom is -0.363 e. The molecule has 2 fully saturated rings. The van der Waals surface area contributed by atoms with E-state index < -0.39 is 0 Å². The Kier molecular flexibility index (Phi) is 4.42. The van der Waals surface area contributed by atoms with Crippen molar-refractivity contribution in [2.45, 2.75) is 25.0 Å². The second-order valence-corrected chi connectivity index (χ2v) is 6.69. The molecule has 2 aromatic heterocycles. The van der Waals surface area contributed by atoms with E-state index in [1.807, 2.05) is 12.3 Å². The lowest BCUT2D eigenvalue weighted by atomic mass is 9.89. The van der Waals surface area contributed by atoms with Crippen molar-refractivity contribution in [1.29, 1.82) is 0 Å². The van der Waals surface area contributed by atoms with E-state index in [9.17, 15) is 4.79 Å². The molecule has 0 atom stereocenters. The maximum atomic E-state index is 12.3. The summed E-state index contributed by atoms with van der Waals surface area (Å²) < 4.78 is 6.00. The van der Waals surface area contributed by atoms with Crippen LogP contribution < -0.4 is 4.90 Å². The van der Waals surface area contributed by atoms with Crippen molar-refractivity contribution in [3.05, 3.63) is 48.8 Å². The van der Waals surface area contributed by atoms with E-state index in [-0.39, 0.29) is 18.1 Å². The molecule has 2 aliphatic rings. The minimum atomic E-state index is -0.269. The van der Waals surface area contributed by atoms with Gasteiger partial charge >= 0.3 is 0 Å². The normalized spacial score (nSPS) is 20.8. The quantitative estimate of drug-likeness (QED) is 0.839. The van der Waals surface area contributed by atoms with Crippen molar-refractivity contribution < 1.29 is 9.53 Å². The topological polar surface area (TPSA) is 71.5 Å². The van der Waals surface area contributed by atoms with E-state index in [4.69, 9.17) is 4.74 Å². The van der Waals surface area contributed by atoms with Crippen LogP contribution in [0, 0.1) is 0 Å². The zero-order valence-electron chi connectivity index (χ0n) is 14.0. The van der Waals surface area contributed by atoms with Gasteiger partial charge in [-0.3, -0.25) is 14.7 Å². The number of piperidine rings is 1. The van der Waals surface area contributed by atoms with Crippen LogP contribution in [0.1, 0.15) is 18.4 Å². The Labute approximate surface area is 146 Å². The summed E-state index contributed by atoms with van der Waals surface area (Å²) in [6, 6.07) is 4.07. The molecule has 25 heavy (non-hydrogen) atoms. The Morgan fingerprint density at radius 3 is 2.64 bits per heavy atom. The number of nitrogens with zero attached hydrogens (tertiary/aromatic N) is 5.